The third-order valence-corrected chi connectivity index (χ3v) is 3.82. The summed E-state index contributed by atoms with van der Waals surface area (Å²) in [4.78, 5) is 0. The van der Waals surface area contributed by atoms with Crippen LogP contribution in [0.1, 0.15) is 57.4 Å². The van der Waals surface area contributed by atoms with Gasteiger partial charge in [-0.2, -0.15) is 0 Å². The van der Waals surface area contributed by atoms with Crippen LogP contribution in [0.15, 0.2) is 18.2 Å². The van der Waals surface area contributed by atoms with Gasteiger partial charge in [0.1, 0.15) is 5.75 Å². The number of aliphatic hydroxyl groups is 1. The molecule has 1 rings (SSSR count). The van der Waals surface area contributed by atoms with Crippen LogP contribution in [0.4, 0.5) is 0 Å². The van der Waals surface area contributed by atoms with Crippen LogP contribution < -0.4 is 4.74 Å². The van der Waals surface area contributed by atoms with Gasteiger partial charge in [0.05, 0.1) is 13.2 Å². The first-order valence-electron chi connectivity index (χ1n) is 7.67. The Balaban J connectivity index is 2.31. The minimum absolute atomic E-state index is 0.312. The van der Waals surface area contributed by atoms with Gasteiger partial charge in [-0.1, -0.05) is 57.0 Å². The fraction of sp³-hybridized carbons (Fsp3) is 0.647. The number of methoxy groups -OCH3 is 1. The number of halogens is 1. The van der Waals surface area contributed by atoms with Crippen molar-refractivity contribution in [1.29, 1.82) is 0 Å². The lowest BCUT2D eigenvalue weighted by atomic mass is 10.0. The molecule has 114 valence electrons. The van der Waals surface area contributed by atoms with E-state index in [1.165, 1.54) is 32.1 Å². The zero-order chi connectivity index (χ0) is 14.8. The van der Waals surface area contributed by atoms with Crippen molar-refractivity contribution >= 4 is 11.6 Å². The average molecular weight is 299 g/mol. The summed E-state index contributed by atoms with van der Waals surface area (Å²) in [5, 5.41) is 10.8. The molecule has 1 atom stereocenters. The number of unbranched alkanes of at least 4 members (excludes halogenated alkanes) is 5. The largest absolute Gasteiger partial charge is 0.496 e. The monoisotopic (exact) mass is 298 g/mol. The van der Waals surface area contributed by atoms with E-state index in [1.807, 2.05) is 18.2 Å². The molecule has 1 aromatic rings. The molecule has 2 nitrogen and oxygen atoms in total. The van der Waals surface area contributed by atoms with Crippen LogP contribution in [0.2, 0.25) is 5.02 Å². The summed E-state index contributed by atoms with van der Waals surface area (Å²) < 4.78 is 5.30. The Labute approximate surface area is 128 Å². The number of ether oxygens (including phenoxy) is 1. The van der Waals surface area contributed by atoms with E-state index in [1.54, 1.807) is 7.11 Å². The average Bonchev–Trinajstić information content (AvgIpc) is 2.43. The topological polar surface area (TPSA) is 29.5 Å². The summed E-state index contributed by atoms with van der Waals surface area (Å²) in [6, 6.07) is 5.55. The number of hydrogen-bond donors (Lipinski definition) is 1. The minimum atomic E-state index is -0.312. The second kappa shape index (κ2) is 10.1. The van der Waals surface area contributed by atoms with Gasteiger partial charge in [0.2, 0.25) is 0 Å². The van der Waals surface area contributed by atoms with Gasteiger partial charge in [0.25, 0.3) is 0 Å². The molecule has 1 aromatic carbocycles. The van der Waals surface area contributed by atoms with Gasteiger partial charge >= 0.3 is 0 Å². The summed E-state index contributed by atoms with van der Waals surface area (Å²) in [7, 11) is 1.65. The van der Waals surface area contributed by atoms with Crippen LogP contribution in [0.5, 0.6) is 5.75 Å². The molecule has 1 unspecified atom stereocenters. The van der Waals surface area contributed by atoms with Crippen LogP contribution in [-0.4, -0.2) is 18.3 Å². The van der Waals surface area contributed by atoms with Crippen molar-refractivity contribution < 1.29 is 9.84 Å². The molecule has 1 N–H and O–H groups in total. The molecule has 0 aliphatic rings. The normalized spacial score (nSPS) is 12.4. The van der Waals surface area contributed by atoms with Crippen molar-refractivity contribution in [2.75, 3.05) is 7.11 Å². The first-order chi connectivity index (χ1) is 9.67. The highest BCUT2D eigenvalue weighted by atomic mass is 35.5. The standard InChI is InChI=1S/C17H27ClO2/c1-3-4-5-6-7-8-9-16(19)13-14-12-15(18)10-11-17(14)20-2/h10-12,16,19H,3-9,13H2,1-2H3. The molecule has 0 aliphatic carbocycles. The molecule has 3 heteroatoms. The molecule has 0 heterocycles. The Morgan fingerprint density at radius 2 is 1.85 bits per heavy atom. The van der Waals surface area contributed by atoms with Gasteiger partial charge in [-0.25, -0.2) is 0 Å². The minimum Gasteiger partial charge on any atom is -0.496 e. The molecule has 0 saturated carbocycles. The summed E-state index contributed by atoms with van der Waals surface area (Å²) in [5.41, 5.74) is 0.985. The van der Waals surface area contributed by atoms with E-state index in [0.29, 0.717) is 11.4 Å². The van der Waals surface area contributed by atoms with Crippen molar-refractivity contribution in [1.82, 2.24) is 0 Å². The molecule has 20 heavy (non-hydrogen) atoms. The van der Waals surface area contributed by atoms with E-state index in [9.17, 15) is 5.11 Å². The molecule has 0 fully saturated rings. The van der Waals surface area contributed by atoms with Crippen molar-refractivity contribution in [2.45, 2.75) is 64.4 Å². The molecule has 0 radical (unpaired) electrons. The van der Waals surface area contributed by atoms with E-state index in [2.05, 4.69) is 6.92 Å². The maximum atomic E-state index is 10.1. The van der Waals surface area contributed by atoms with E-state index in [0.717, 1.165) is 24.2 Å². The highest BCUT2D eigenvalue weighted by Crippen LogP contribution is 2.24. The van der Waals surface area contributed by atoms with Crippen LogP contribution in [0, 0.1) is 0 Å². The zero-order valence-electron chi connectivity index (χ0n) is 12.7. The van der Waals surface area contributed by atoms with Crippen molar-refractivity contribution in [3.05, 3.63) is 28.8 Å². The first-order valence-corrected chi connectivity index (χ1v) is 8.05. The number of aliphatic hydroxyl groups excluding tert-OH is 1. The third-order valence-electron chi connectivity index (χ3n) is 3.59. The van der Waals surface area contributed by atoms with Gasteiger partial charge < -0.3 is 9.84 Å². The third kappa shape index (κ3) is 6.62. The van der Waals surface area contributed by atoms with E-state index >= 15 is 0 Å². The fourth-order valence-electron chi connectivity index (χ4n) is 2.42. The quantitative estimate of drug-likeness (QED) is 0.616. The van der Waals surface area contributed by atoms with Crippen molar-refractivity contribution in [3.8, 4) is 5.75 Å². The van der Waals surface area contributed by atoms with Gasteiger partial charge in [-0.3, -0.25) is 0 Å². The summed E-state index contributed by atoms with van der Waals surface area (Å²) in [5.74, 6) is 0.802. The summed E-state index contributed by atoms with van der Waals surface area (Å²) >= 11 is 6.00. The fourth-order valence-corrected chi connectivity index (χ4v) is 2.62. The van der Waals surface area contributed by atoms with E-state index < -0.39 is 0 Å². The Hall–Kier alpha value is -0.730. The molecule has 0 saturated heterocycles. The van der Waals surface area contributed by atoms with Crippen LogP contribution in [0.3, 0.4) is 0 Å². The molecular formula is C17H27ClO2. The maximum absolute atomic E-state index is 10.1. The SMILES string of the molecule is CCCCCCCCC(O)Cc1cc(Cl)ccc1OC. The summed E-state index contributed by atoms with van der Waals surface area (Å²) in [6.45, 7) is 2.22. The van der Waals surface area contributed by atoms with Crippen LogP contribution in [0.25, 0.3) is 0 Å². The smallest absolute Gasteiger partial charge is 0.122 e. The van der Waals surface area contributed by atoms with Gasteiger partial charge in [0.15, 0.2) is 0 Å². The Morgan fingerprint density at radius 1 is 1.15 bits per heavy atom. The Bertz CT molecular complexity index is 379. The van der Waals surface area contributed by atoms with Crippen LogP contribution in [-0.2, 0) is 6.42 Å². The van der Waals surface area contributed by atoms with Crippen molar-refractivity contribution in [2.24, 2.45) is 0 Å². The Kier molecular flexibility index (Phi) is 8.72. The lowest BCUT2D eigenvalue weighted by molar-refractivity contribution is 0.160. The second-order valence-electron chi connectivity index (χ2n) is 5.37. The molecule has 0 aromatic heterocycles. The number of benzene rings is 1. The molecule has 0 aliphatic heterocycles. The van der Waals surface area contributed by atoms with E-state index in [4.69, 9.17) is 16.3 Å². The molecule has 0 bridgehead atoms. The molecular weight excluding hydrogens is 272 g/mol. The van der Waals surface area contributed by atoms with Crippen LogP contribution >= 0.6 is 11.6 Å². The number of hydrogen-bond acceptors (Lipinski definition) is 2. The predicted molar refractivity (Wildman–Crippen MR) is 85.7 cm³/mol. The first kappa shape index (κ1) is 17.3. The molecule has 0 spiro atoms. The molecule has 0 amide bonds. The maximum Gasteiger partial charge on any atom is 0.122 e. The number of rotatable bonds is 10. The van der Waals surface area contributed by atoms with Crippen molar-refractivity contribution in [3.63, 3.8) is 0 Å². The lowest BCUT2D eigenvalue weighted by Gasteiger charge is -2.13. The van der Waals surface area contributed by atoms with E-state index in [-0.39, 0.29) is 6.10 Å². The van der Waals surface area contributed by atoms with Gasteiger partial charge in [0, 0.05) is 11.4 Å². The lowest BCUT2D eigenvalue weighted by Crippen LogP contribution is -2.11. The predicted octanol–water partition coefficient (Wildman–Crippen LogP) is 5.00. The zero-order valence-corrected chi connectivity index (χ0v) is 13.5. The van der Waals surface area contributed by atoms with Gasteiger partial charge in [-0.05, 0) is 30.2 Å². The summed E-state index contributed by atoms with van der Waals surface area (Å²) in [6.07, 6.45) is 8.64. The Morgan fingerprint density at radius 3 is 2.55 bits per heavy atom. The second-order valence-corrected chi connectivity index (χ2v) is 5.81. The van der Waals surface area contributed by atoms with Gasteiger partial charge in [-0.15, -0.1) is 0 Å². The highest BCUT2D eigenvalue weighted by Gasteiger charge is 2.10. The highest BCUT2D eigenvalue weighted by molar-refractivity contribution is 6.30.